The Morgan fingerprint density at radius 2 is 2.00 bits per heavy atom. The summed E-state index contributed by atoms with van der Waals surface area (Å²) in [7, 11) is 0. The van der Waals surface area contributed by atoms with Crippen LogP contribution in [0.2, 0.25) is 10.0 Å². The smallest absolute Gasteiger partial charge is 0.283 e. The van der Waals surface area contributed by atoms with Gasteiger partial charge in [0.1, 0.15) is 0 Å². The van der Waals surface area contributed by atoms with Crippen molar-refractivity contribution in [3.05, 3.63) is 68.2 Å². The van der Waals surface area contributed by atoms with Crippen LogP contribution in [0.15, 0.2) is 52.3 Å². The fraction of sp³-hybridized carbons (Fsp3) is 0.273. The number of halogens is 2. The predicted molar refractivity (Wildman–Crippen MR) is 126 cm³/mol. The minimum Gasteiger partial charge on any atom is -0.352 e. The molecule has 7 nitrogen and oxygen atoms in total. The maximum absolute atomic E-state index is 12.0. The van der Waals surface area contributed by atoms with E-state index in [1.165, 1.54) is 30.0 Å². The van der Waals surface area contributed by atoms with E-state index in [4.69, 9.17) is 23.2 Å². The summed E-state index contributed by atoms with van der Waals surface area (Å²) in [5.74, 6) is -0.135. The van der Waals surface area contributed by atoms with E-state index in [-0.39, 0.29) is 17.5 Å². The molecule has 1 saturated heterocycles. The number of nitrogens with one attached hydrogen (secondary N) is 1. The van der Waals surface area contributed by atoms with Crippen LogP contribution in [0.1, 0.15) is 24.8 Å². The van der Waals surface area contributed by atoms with Gasteiger partial charge in [0.25, 0.3) is 5.69 Å². The highest BCUT2D eigenvalue weighted by Gasteiger charge is 2.19. The zero-order chi connectivity index (χ0) is 23.1. The molecule has 0 bridgehead atoms. The van der Waals surface area contributed by atoms with E-state index < -0.39 is 4.92 Å². The Labute approximate surface area is 199 Å². The van der Waals surface area contributed by atoms with Crippen molar-refractivity contribution < 1.29 is 14.5 Å². The molecule has 3 rings (SSSR count). The number of likely N-dealkylation sites (tertiary alicyclic amines) is 1. The van der Waals surface area contributed by atoms with Crippen LogP contribution in [0.4, 0.5) is 5.69 Å². The number of amides is 2. The predicted octanol–water partition coefficient (Wildman–Crippen LogP) is 5.19. The van der Waals surface area contributed by atoms with Gasteiger partial charge in [0.05, 0.1) is 14.8 Å². The molecule has 0 saturated carbocycles. The number of carbonyl (C=O) groups is 2. The molecule has 0 aromatic heterocycles. The molecule has 1 fully saturated rings. The summed E-state index contributed by atoms with van der Waals surface area (Å²) in [5, 5.41) is 15.2. The molecule has 2 aromatic carbocycles. The van der Waals surface area contributed by atoms with Crippen molar-refractivity contribution >= 4 is 58.5 Å². The molecule has 0 radical (unpaired) electrons. The Bertz CT molecular complexity index is 1060. The monoisotopic (exact) mass is 493 g/mol. The number of nitro groups is 1. The van der Waals surface area contributed by atoms with E-state index in [0.29, 0.717) is 51.3 Å². The van der Waals surface area contributed by atoms with Gasteiger partial charge in [0.15, 0.2) is 0 Å². The topological polar surface area (TPSA) is 92.5 Å². The van der Waals surface area contributed by atoms with Gasteiger partial charge < -0.3 is 10.2 Å². The first kappa shape index (κ1) is 24.1. The summed E-state index contributed by atoms with van der Waals surface area (Å²) in [5.41, 5.74) is 0.444. The molecule has 10 heteroatoms. The first-order valence-electron chi connectivity index (χ1n) is 9.98. The standard InChI is InChI=1S/C22H21Cl2N3O4S/c23-16-6-8-19(17(24)14-16)32-20-7-4-15(13-18(20)27(30)31)5-9-21(28)25-10-2-12-26-11-1-3-22(26)29/h4-9,13-14H,1-3,10-12H2,(H,25,28)/b9-5+. The summed E-state index contributed by atoms with van der Waals surface area (Å²) >= 11 is 13.2. The van der Waals surface area contributed by atoms with Gasteiger partial charge in [0.2, 0.25) is 11.8 Å². The number of benzene rings is 2. The second-order valence-electron chi connectivity index (χ2n) is 7.12. The summed E-state index contributed by atoms with van der Waals surface area (Å²) in [6.45, 7) is 1.86. The fourth-order valence-electron chi connectivity index (χ4n) is 3.20. The van der Waals surface area contributed by atoms with Crippen molar-refractivity contribution in [2.45, 2.75) is 29.1 Å². The molecule has 1 aliphatic heterocycles. The second-order valence-corrected chi connectivity index (χ2v) is 9.05. The number of nitrogens with zero attached hydrogens (tertiary/aromatic N) is 2. The first-order valence-corrected chi connectivity index (χ1v) is 11.6. The molecule has 0 unspecified atom stereocenters. The van der Waals surface area contributed by atoms with Crippen molar-refractivity contribution in [3.63, 3.8) is 0 Å². The summed E-state index contributed by atoms with van der Waals surface area (Å²) in [6, 6.07) is 9.68. The van der Waals surface area contributed by atoms with Crippen molar-refractivity contribution in [3.8, 4) is 0 Å². The third kappa shape index (κ3) is 6.72. The lowest BCUT2D eigenvalue weighted by atomic mass is 10.2. The quantitative estimate of drug-likeness (QED) is 0.224. The Kier molecular flexibility index (Phi) is 8.55. The maximum Gasteiger partial charge on any atom is 0.283 e. The van der Waals surface area contributed by atoms with Crippen LogP contribution in [0.25, 0.3) is 6.08 Å². The van der Waals surface area contributed by atoms with Crippen LogP contribution in [0.3, 0.4) is 0 Å². The highest BCUT2D eigenvalue weighted by atomic mass is 35.5. The number of hydrogen-bond donors (Lipinski definition) is 1. The number of rotatable bonds is 9. The Hall–Kier alpha value is -2.55. The van der Waals surface area contributed by atoms with E-state index in [0.717, 1.165) is 13.0 Å². The van der Waals surface area contributed by atoms with E-state index >= 15 is 0 Å². The van der Waals surface area contributed by atoms with E-state index in [1.807, 2.05) is 0 Å². The lowest BCUT2D eigenvalue weighted by Gasteiger charge is -2.14. The molecule has 0 atom stereocenters. The van der Waals surface area contributed by atoms with Gasteiger partial charge in [-0.3, -0.25) is 19.7 Å². The third-order valence-corrected chi connectivity index (χ3v) is 6.60. The maximum atomic E-state index is 12.0. The van der Waals surface area contributed by atoms with Crippen molar-refractivity contribution in [1.82, 2.24) is 10.2 Å². The van der Waals surface area contributed by atoms with Crippen LogP contribution in [0, 0.1) is 10.1 Å². The molecule has 2 aromatic rings. The Morgan fingerprint density at radius 1 is 1.22 bits per heavy atom. The van der Waals surface area contributed by atoms with Gasteiger partial charge in [-0.25, -0.2) is 0 Å². The zero-order valence-corrected chi connectivity index (χ0v) is 19.4. The molecular weight excluding hydrogens is 473 g/mol. The summed E-state index contributed by atoms with van der Waals surface area (Å²) in [4.78, 5) is 37.6. The molecule has 2 amide bonds. The van der Waals surface area contributed by atoms with Gasteiger partial charge >= 0.3 is 0 Å². The van der Waals surface area contributed by atoms with E-state index in [2.05, 4.69) is 5.32 Å². The average molecular weight is 494 g/mol. The largest absolute Gasteiger partial charge is 0.352 e. The highest BCUT2D eigenvalue weighted by Crippen LogP contribution is 2.39. The molecule has 1 aliphatic rings. The average Bonchev–Trinajstić information content (AvgIpc) is 3.16. The summed E-state index contributed by atoms with van der Waals surface area (Å²) < 4.78 is 0. The fourth-order valence-corrected chi connectivity index (χ4v) is 4.62. The SMILES string of the molecule is O=C(/C=C/c1ccc(Sc2ccc(Cl)cc2Cl)c([N+](=O)[O-])c1)NCCCN1CCCC1=O. The van der Waals surface area contributed by atoms with Gasteiger partial charge in [-0.1, -0.05) is 41.0 Å². The van der Waals surface area contributed by atoms with Gasteiger partial charge in [-0.05, 0) is 48.7 Å². The molecule has 0 aliphatic carbocycles. The number of hydrogen-bond acceptors (Lipinski definition) is 5. The molecule has 168 valence electrons. The van der Waals surface area contributed by atoms with Gasteiger partial charge in [0, 0.05) is 48.1 Å². The summed E-state index contributed by atoms with van der Waals surface area (Å²) in [6.07, 6.45) is 5.03. The van der Waals surface area contributed by atoms with Crippen LogP contribution in [-0.2, 0) is 9.59 Å². The Balaban J connectivity index is 1.58. The minimum atomic E-state index is -0.469. The Morgan fingerprint density at radius 3 is 2.69 bits per heavy atom. The van der Waals surface area contributed by atoms with Crippen LogP contribution in [-0.4, -0.2) is 41.3 Å². The van der Waals surface area contributed by atoms with Gasteiger partial charge in [-0.15, -0.1) is 0 Å². The van der Waals surface area contributed by atoms with Gasteiger partial charge in [-0.2, -0.15) is 0 Å². The van der Waals surface area contributed by atoms with Crippen LogP contribution >= 0.6 is 35.0 Å². The normalized spacial score (nSPS) is 13.7. The number of nitro benzene ring substituents is 1. The van der Waals surface area contributed by atoms with Crippen molar-refractivity contribution in [1.29, 1.82) is 0 Å². The van der Waals surface area contributed by atoms with Crippen molar-refractivity contribution in [2.75, 3.05) is 19.6 Å². The second kappa shape index (κ2) is 11.4. The molecule has 1 heterocycles. The minimum absolute atomic E-state index is 0.0844. The first-order chi connectivity index (χ1) is 15.3. The van der Waals surface area contributed by atoms with E-state index in [1.54, 1.807) is 35.2 Å². The molecule has 32 heavy (non-hydrogen) atoms. The highest BCUT2D eigenvalue weighted by molar-refractivity contribution is 7.99. The number of carbonyl (C=O) groups excluding carboxylic acids is 2. The van der Waals surface area contributed by atoms with Crippen LogP contribution in [0.5, 0.6) is 0 Å². The lowest BCUT2D eigenvalue weighted by molar-refractivity contribution is -0.387. The third-order valence-electron chi connectivity index (χ3n) is 4.80. The molecule has 1 N–H and O–H groups in total. The zero-order valence-electron chi connectivity index (χ0n) is 17.1. The lowest BCUT2D eigenvalue weighted by Crippen LogP contribution is -2.29. The molecule has 0 spiro atoms. The molecular formula is C22H21Cl2N3O4S. The van der Waals surface area contributed by atoms with Crippen LogP contribution < -0.4 is 5.32 Å². The van der Waals surface area contributed by atoms with E-state index in [9.17, 15) is 19.7 Å². The van der Waals surface area contributed by atoms with Crippen molar-refractivity contribution in [2.24, 2.45) is 0 Å².